The fraction of sp³-hybridized carbons (Fsp3) is 0.667. The fourth-order valence-electron chi connectivity index (χ4n) is 5.09. The molecule has 2 aromatic rings. The molecule has 6 heteroatoms. The maximum absolute atomic E-state index is 6.16. The van der Waals surface area contributed by atoms with Crippen molar-refractivity contribution >= 4 is 0 Å². The van der Waals surface area contributed by atoms with Crippen LogP contribution in [0.25, 0.3) is 0 Å². The van der Waals surface area contributed by atoms with Crippen LogP contribution in [0.4, 0.5) is 0 Å². The molecule has 0 N–H and O–H groups in total. The van der Waals surface area contributed by atoms with Crippen LogP contribution in [0.1, 0.15) is 72.2 Å². The summed E-state index contributed by atoms with van der Waals surface area (Å²) in [6.45, 7) is 31.0. The third kappa shape index (κ3) is 15.6. The van der Waals surface area contributed by atoms with Gasteiger partial charge in [0.25, 0.3) is 0 Å². The van der Waals surface area contributed by atoms with E-state index in [4.69, 9.17) is 9.47 Å². The lowest BCUT2D eigenvalue weighted by Crippen LogP contribution is -2.50. The van der Waals surface area contributed by atoms with Gasteiger partial charge in [0.15, 0.2) is 0 Å². The predicted molar refractivity (Wildman–Crippen MR) is 190 cm³/mol. The maximum atomic E-state index is 6.16. The van der Waals surface area contributed by atoms with E-state index >= 15 is 0 Å². The average Bonchev–Trinajstić information content (AvgIpc) is 3.04. The van der Waals surface area contributed by atoms with Gasteiger partial charge in [0.1, 0.15) is 0 Å². The first-order valence-electron chi connectivity index (χ1n) is 16.7. The van der Waals surface area contributed by atoms with E-state index in [1.807, 2.05) is 27.7 Å². The molecule has 0 radical (unpaired) electrons. The Labute approximate surface area is 265 Å². The van der Waals surface area contributed by atoms with E-state index in [0.29, 0.717) is 25.3 Å². The molecule has 6 nitrogen and oxygen atoms in total. The maximum Gasteiger partial charge on any atom is 0.0717 e. The molecule has 1 aliphatic rings. The molecule has 1 heterocycles. The zero-order valence-electron chi connectivity index (χ0n) is 28.4. The molecule has 0 bridgehead atoms. The second-order valence-electron chi connectivity index (χ2n) is 10.6. The Morgan fingerprint density at radius 1 is 0.548 bits per heavy atom. The smallest absolute Gasteiger partial charge is 0.0717 e. The summed E-state index contributed by atoms with van der Waals surface area (Å²) < 4.78 is 12.3. The lowest BCUT2D eigenvalue weighted by molar-refractivity contribution is 0.0264. The molecule has 1 saturated heterocycles. The van der Waals surface area contributed by atoms with Crippen molar-refractivity contribution in [2.24, 2.45) is 0 Å². The Bertz CT molecular complexity index is 802. The van der Waals surface area contributed by atoms with E-state index in [1.54, 1.807) is 0 Å². The summed E-state index contributed by atoms with van der Waals surface area (Å²) in [6.07, 6.45) is 0. The largest absolute Gasteiger partial charge is 0.375 e. The van der Waals surface area contributed by atoms with Crippen molar-refractivity contribution < 1.29 is 15.2 Å². The lowest BCUT2D eigenvalue weighted by Gasteiger charge is -2.37. The minimum atomic E-state index is 0. The minimum Gasteiger partial charge on any atom is -0.375 e. The molecular weight excluding hydrogens is 520 g/mol. The quantitative estimate of drug-likeness (QED) is 0.254. The summed E-state index contributed by atoms with van der Waals surface area (Å²) in [4.78, 5) is 10.5. The van der Waals surface area contributed by atoms with Crippen molar-refractivity contribution in [3.63, 3.8) is 0 Å². The summed E-state index contributed by atoms with van der Waals surface area (Å²) in [5.41, 5.74) is 2.48. The SMILES string of the molecule is CC.CC.CCN1CCN(CC)CCN(C(C)COCc2ccccc2)CCN(C(C)COCc2ccccc2)CC1.[HH].[HH].[HH].[HH]. The van der Waals surface area contributed by atoms with Gasteiger partial charge in [0.2, 0.25) is 0 Å². The zero-order valence-corrected chi connectivity index (χ0v) is 28.4. The molecule has 248 valence electrons. The number of ether oxygens (including phenoxy) is 2. The van der Waals surface area contributed by atoms with Crippen molar-refractivity contribution in [3.05, 3.63) is 71.8 Å². The number of hydrogen-bond acceptors (Lipinski definition) is 6. The third-order valence-electron chi connectivity index (χ3n) is 7.90. The van der Waals surface area contributed by atoms with E-state index in [2.05, 4.69) is 108 Å². The Morgan fingerprint density at radius 3 is 1.19 bits per heavy atom. The number of hydrogen-bond donors (Lipinski definition) is 0. The van der Waals surface area contributed by atoms with Gasteiger partial charge in [0, 0.05) is 70.1 Å². The van der Waals surface area contributed by atoms with Gasteiger partial charge in [-0.15, -0.1) is 0 Å². The molecule has 2 unspecified atom stereocenters. The van der Waals surface area contributed by atoms with Crippen molar-refractivity contribution in [2.75, 3.05) is 78.7 Å². The van der Waals surface area contributed by atoms with Crippen LogP contribution in [0.15, 0.2) is 60.7 Å². The molecule has 0 spiro atoms. The molecular formula is C36H72N4O2. The summed E-state index contributed by atoms with van der Waals surface area (Å²) in [5, 5.41) is 0. The van der Waals surface area contributed by atoms with Crippen molar-refractivity contribution in [1.82, 2.24) is 19.6 Å². The molecule has 2 aromatic carbocycles. The van der Waals surface area contributed by atoms with Crippen LogP contribution in [0, 0.1) is 0 Å². The molecule has 1 fully saturated rings. The first kappa shape index (κ1) is 38.2. The van der Waals surface area contributed by atoms with Gasteiger partial charge in [-0.25, -0.2) is 0 Å². The van der Waals surface area contributed by atoms with Crippen LogP contribution in [-0.4, -0.2) is 110 Å². The van der Waals surface area contributed by atoms with Gasteiger partial charge in [-0.1, -0.05) is 102 Å². The Morgan fingerprint density at radius 2 is 0.857 bits per heavy atom. The van der Waals surface area contributed by atoms with Gasteiger partial charge >= 0.3 is 0 Å². The number of likely N-dealkylation sites (N-methyl/N-ethyl adjacent to an activating group) is 2. The topological polar surface area (TPSA) is 31.4 Å². The fourth-order valence-corrected chi connectivity index (χ4v) is 5.09. The summed E-state index contributed by atoms with van der Waals surface area (Å²) >= 11 is 0. The number of rotatable bonds is 12. The second kappa shape index (κ2) is 24.6. The molecule has 42 heavy (non-hydrogen) atoms. The second-order valence-corrected chi connectivity index (χ2v) is 10.6. The van der Waals surface area contributed by atoms with Gasteiger partial charge < -0.3 is 19.3 Å². The average molecular weight is 593 g/mol. The normalized spacial score (nSPS) is 17.9. The van der Waals surface area contributed by atoms with E-state index in [0.717, 1.165) is 78.7 Å². The van der Waals surface area contributed by atoms with E-state index < -0.39 is 0 Å². The van der Waals surface area contributed by atoms with Crippen LogP contribution in [-0.2, 0) is 22.7 Å². The van der Waals surface area contributed by atoms with E-state index in [-0.39, 0.29) is 5.71 Å². The van der Waals surface area contributed by atoms with Gasteiger partial charge in [-0.3, -0.25) is 9.80 Å². The summed E-state index contributed by atoms with van der Waals surface area (Å²) in [5.74, 6) is 0. The highest BCUT2D eigenvalue weighted by Crippen LogP contribution is 2.10. The van der Waals surface area contributed by atoms with Crippen LogP contribution >= 0.6 is 0 Å². The van der Waals surface area contributed by atoms with Gasteiger partial charge in [0.05, 0.1) is 26.4 Å². The molecule has 0 amide bonds. The highest BCUT2D eigenvalue weighted by Gasteiger charge is 2.21. The van der Waals surface area contributed by atoms with Crippen LogP contribution in [0.2, 0.25) is 0 Å². The predicted octanol–water partition coefficient (Wildman–Crippen LogP) is 7.49. The lowest BCUT2D eigenvalue weighted by atomic mass is 10.2. The Hall–Kier alpha value is -1.80. The standard InChI is InChI=1S/C32H52N4O2.2C2H6.4H2/c1-5-33-17-18-34(6-2)20-22-36(30(4)26-38-28-32-15-11-8-12-16-32)24-23-35(21-19-33)29(3)25-37-27-31-13-9-7-10-14-31;2*1-2;;;;/h7-16,29-30H,5-6,17-28H2,1-4H3;2*1-2H3;4*1H. The molecule has 0 aliphatic carbocycles. The zero-order chi connectivity index (χ0) is 31.0. The first-order chi connectivity index (χ1) is 20.6. The van der Waals surface area contributed by atoms with Crippen molar-refractivity contribution in [2.45, 2.75) is 80.7 Å². The van der Waals surface area contributed by atoms with Crippen LogP contribution in [0.3, 0.4) is 0 Å². The van der Waals surface area contributed by atoms with Crippen molar-refractivity contribution in [1.29, 1.82) is 0 Å². The van der Waals surface area contributed by atoms with Crippen LogP contribution < -0.4 is 0 Å². The third-order valence-corrected chi connectivity index (χ3v) is 7.90. The molecule has 2 atom stereocenters. The minimum absolute atomic E-state index is 0. The Balaban J connectivity index is -0.00000106. The van der Waals surface area contributed by atoms with E-state index in [9.17, 15) is 0 Å². The molecule has 3 rings (SSSR count). The van der Waals surface area contributed by atoms with Crippen molar-refractivity contribution in [3.8, 4) is 0 Å². The first-order valence-corrected chi connectivity index (χ1v) is 16.7. The van der Waals surface area contributed by atoms with Crippen LogP contribution in [0.5, 0.6) is 0 Å². The number of nitrogens with zero attached hydrogens (tertiary/aromatic N) is 4. The highest BCUT2D eigenvalue weighted by molar-refractivity contribution is 5.14. The molecule has 0 aromatic heterocycles. The molecule has 0 saturated carbocycles. The number of benzene rings is 2. The Kier molecular flexibility index (Phi) is 22.4. The van der Waals surface area contributed by atoms with E-state index in [1.165, 1.54) is 11.1 Å². The summed E-state index contributed by atoms with van der Waals surface area (Å²) in [6, 6.07) is 21.7. The van der Waals surface area contributed by atoms with Gasteiger partial charge in [-0.05, 0) is 38.1 Å². The highest BCUT2D eigenvalue weighted by atomic mass is 16.5. The van der Waals surface area contributed by atoms with Gasteiger partial charge in [-0.2, -0.15) is 0 Å². The summed E-state index contributed by atoms with van der Waals surface area (Å²) in [7, 11) is 0. The monoisotopic (exact) mass is 593 g/mol. The molecule has 1 aliphatic heterocycles.